The predicted molar refractivity (Wildman–Crippen MR) is 88.3 cm³/mol. The molecule has 1 amide bonds. The predicted octanol–water partition coefficient (Wildman–Crippen LogP) is 2.66. The molecule has 3 aliphatic heterocycles. The molecule has 0 spiro atoms. The van der Waals surface area contributed by atoms with E-state index in [1.54, 1.807) is 0 Å². The van der Waals surface area contributed by atoms with Crippen LogP contribution in [0.5, 0.6) is 0 Å². The minimum absolute atomic E-state index is 0.136. The van der Waals surface area contributed by atoms with Crippen molar-refractivity contribution >= 4 is 16.8 Å². The zero-order valence-electron chi connectivity index (χ0n) is 13.5. The lowest BCUT2D eigenvalue weighted by Crippen LogP contribution is -2.51. The van der Waals surface area contributed by atoms with E-state index in [0.29, 0.717) is 0 Å². The summed E-state index contributed by atoms with van der Waals surface area (Å²) in [5, 5.41) is 1.32. The molecular formula is C19H22N2O2. The summed E-state index contributed by atoms with van der Waals surface area (Å²) in [5.41, 5.74) is 4.12. The third kappa shape index (κ3) is 1.84. The van der Waals surface area contributed by atoms with Crippen LogP contribution in [-0.4, -0.2) is 41.1 Å². The summed E-state index contributed by atoms with van der Waals surface area (Å²) >= 11 is 0. The van der Waals surface area contributed by atoms with Crippen molar-refractivity contribution in [2.45, 2.75) is 44.8 Å². The summed E-state index contributed by atoms with van der Waals surface area (Å²) in [7, 11) is 0. The van der Waals surface area contributed by atoms with Gasteiger partial charge in [-0.15, -0.1) is 0 Å². The van der Waals surface area contributed by atoms with Crippen LogP contribution < -0.4 is 0 Å². The van der Waals surface area contributed by atoms with Crippen molar-refractivity contribution in [3.05, 3.63) is 35.5 Å². The van der Waals surface area contributed by atoms with Gasteiger partial charge in [0, 0.05) is 35.1 Å². The summed E-state index contributed by atoms with van der Waals surface area (Å²) in [6, 6.07) is 8.53. The number of fused-ring (bicyclic) bond motifs is 7. The zero-order chi connectivity index (χ0) is 15.6. The molecule has 4 nitrogen and oxygen atoms in total. The average molecular weight is 310 g/mol. The summed E-state index contributed by atoms with van der Waals surface area (Å²) in [4.78, 5) is 18.2. The van der Waals surface area contributed by atoms with Crippen molar-refractivity contribution in [3.63, 3.8) is 0 Å². The van der Waals surface area contributed by atoms with E-state index in [-0.39, 0.29) is 23.5 Å². The molecule has 0 aliphatic carbocycles. The van der Waals surface area contributed by atoms with E-state index in [1.807, 2.05) is 0 Å². The van der Waals surface area contributed by atoms with Gasteiger partial charge in [-0.2, -0.15) is 0 Å². The number of ether oxygens (including phenoxy) is 1. The first kappa shape index (κ1) is 13.6. The van der Waals surface area contributed by atoms with Crippen molar-refractivity contribution in [1.29, 1.82) is 0 Å². The maximum absolute atomic E-state index is 12.5. The number of aryl methyl sites for hydroxylation is 1. The second-order valence-corrected chi connectivity index (χ2v) is 7.33. The highest BCUT2D eigenvalue weighted by Gasteiger charge is 2.62. The van der Waals surface area contributed by atoms with Crippen LogP contribution in [0, 0.1) is 5.41 Å². The second-order valence-electron chi connectivity index (χ2n) is 7.33. The highest BCUT2D eigenvalue weighted by Crippen LogP contribution is 2.50. The Morgan fingerprint density at radius 3 is 3.09 bits per heavy atom. The lowest BCUT2D eigenvalue weighted by atomic mass is 9.73. The van der Waals surface area contributed by atoms with Crippen LogP contribution in [0.2, 0.25) is 0 Å². The lowest BCUT2D eigenvalue weighted by molar-refractivity contribution is -0.135. The van der Waals surface area contributed by atoms with Crippen molar-refractivity contribution in [3.8, 4) is 0 Å². The third-order valence-electron chi connectivity index (χ3n) is 6.27. The van der Waals surface area contributed by atoms with Gasteiger partial charge in [0.05, 0.1) is 0 Å². The van der Waals surface area contributed by atoms with Gasteiger partial charge in [-0.1, -0.05) is 25.1 Å². The first-order valence-corrected chi connectivity index (χ1v) is 8.74. The monoisotopic (exact) mass is 310 g/mol. The van der Waals surface area contributed by atoms with Crippen LogP contribution in [-0.2, 0) is 22.4 Å². The van der Waals surface area contributed by atoms with Crippen LogP contribution in [0.15, 0.2) is 24.3 Å². The highest BCUT2D eigenvalue weighted by atomic mass is 16.6. The molecule has 120 valence electrons. The maximum Gasteiger partial charge on any atom is 0.254 e. The number of nitrogens with one attached hydrogen (secondary N) is 1. The Balaban J connectivity index is 1.59. The molecule has 1 aromatic carbocycles. The SMILES string of the molecule is CC[C@]12CCc3[nH]c4ccccc4c3CCN(C1)C(=O)[C@H]1O[C@H]12. The fraction of sp³-hybridized carbons (Fsp3) is 0.526. The van der Waals surface area contributed by atoms with Gasteiger partial charge in [-0.05, 0) is 37.3 Å². The number of para-hydroxylation sites is 1. The van der Waals surface area contributed by atoms with E-state index in [1.165, 1.54) is 22.2 Å². The van der Waals surface area contributed by atoms with E-state index < -0.39 is 0 Å². The molecule has 0 saturated carbocycles. The third-order valence-corrected chi connectivity index (χ3v) is 6.27. The Kier molecular flexibility index (Phi) is 2.72. The van der Waals surface area contributed by atoms with Gasteiger partial charge >= 0.3 is 0 Å². The molecule has 2 saturated heterocycles. The van der Waals surface area contributed by atoms with Crippen LogP contribution in [0.4, 0.5) is 0 Å². The Hall–Kier alpha value is -1.81. The van der Waals surface area contributed by atoms with Crippen molar-refractivity contribution in [2.24, 2.45) is 5.41 Å². The highest BCUT2D eigenvalue weighted by molar-refractivity contribution is 5.86. The molecule has 5 rings (SSSR count). The maximum atomic E-state index is 12.5. The van der Waals surface area contributed by atoms with E-state index >= 15 is 0 Å². The van der Waals surface area contributed by atoms with Crippen molar-refractivity contribution < 1.29 is 9.53 Å². The quantitative estimate of drug-likeness (QED) is 0.823. The molecule has 4 heterocycles. The Labute approximate surface area is 135 Å². The Morgan fingerprint density at radius 2 is 2.22 bits per heavy atom. The molecule has 3 aliphatic rings. The molecule has 1 N–H and O–H groups in total. The minimum Gasteiger partial charge on any atom is -0.358 e. The Bertz CT molecular complexity index is 796. The molecule has 1 aromatic heterocycles. The number of benzene rings is 1. The van der Waals surface area contributed by atoms with Crippen molar-refractivity contribution in [2.75, 3.05) is 13.1 Å². The number of nitrogens with zero attached hydrogens (tertiary/aromatic N) is 1. The van der Waals surface area contributed by atoms with Gasteiger partial charge in [0.25, 0.3) is 5.91 Å². The number of carbonyl (C=O) groups excluding carboxylic acids is 1. The number of amides is 1. The number of hydrogen-bond donors (Lipinski definition) is 1. The number of piperidine rings is 1. The van der Waals surface area contributed by atoms with E-state index in [2.05, 4.69) is 41.1 Å². The number of hydrogen-bond acceptors (Lipinski definition) is 2. The lowest BCUT2D eigenvalue weighted by Gasteiger charge is -2.39. The van der Waals surface area contributed by atoms with Gasteiger partial charge in [-0.25, -0.2) is 0 Å². The van der Waals surface area contributed by atoms with Gasteiger partial charge in [0.2, 0.25) is 0 Å². The van der Waals surface area contributed by atoms with Crippen LogP contribution in [0.25, 0.3) is 10.9 Å². The molecule has 2 fully saturated rings. The number of carbonyl (C=O) groups is 1. The number of H-pyrrole nitrogens is 1. The smallest absolute Gasteiger partial charge is 0.254 e. The Morgan fingerprint density at radius 1 is 1.35 bits per heavy atom. The molecule has 0 unspecified atom stereocenters. The van der Waals surface area contributed by atoms with E-state index in [9.17, 15) is 4.79 Å². The second kappa shape index (κ2) is 4.60. The molecule has 2 bridgehead atoms. The molecular weight excluding hydrogens is 288 g/mol. The minimum atomic E-state index is -0.156. The largest absolute Gasteiger partial charge is 0.358 e. The van der Waals surface area contributed by atoms with Crippen LogP contribution >= 0.6 is 0 Å². The van der Waals surface area contributed by atoms with Crippen LogP contribution in [0.1, 0.15) is 31.0 Å². The normalized spacial score (nSPS) is 32.7. The molecule has 2 aromatic rings. The molecule has 3 atom stereocenters. The zero-order valence-corrected chi connectivity index (χ0v) is 13.5. The fourth-order valence-corrected chi connectivity index (χ4v) is 4.77. The molecule has 0 radical (unpaired) electrons. The standard InChI is InChI=1S/C19H22N2O2/c1-2-19-9-7-15-13(12-5-3-4-6-14(12)20-15)8-10-21(11-19)18(22)16-17(19)23-16/h3-6,16-17,20H,2,7-11H2,1H3/t16-,17+,19-/m0/s1. The van der Waals surface area contributed by atoms with E-state index in [4.69, 9.17) is 4.74 Å². The fourth-order valence-electron chi connectivity index (χ4n) is 4.77. The number of aromatic amines is 1. The van der Waals surface area contributed by atoms with Gasteiger partial charge in [0.1, 0.15) is 6.10 Å². The van der Waals surface area contributed by atoms with Gasteiger partial charge < -0.3 is 14.6 Å². The van der Waals surface area contributed by atoms with Crippen molar-refractivity contribution in [1.82, 2.24) is 9.88 Å². The first-order valence-electron chi connectivity index (χ1n) is 8.74. The summed E-state index contributed by atoms with van der Waals surface area (Å²) in [6.45, 7) is 3.92. The summed E-state index contributed by atoms with van der Waals surface area (Å²) in [5.74, 6) is 0.211. The molecule has 23 heavy (non-hydrogen) atoms. The summed E-state index contributed by atoms with van der Waals surface area (Å²) in [6.07, 6.45) is 4.15. The van der Waals surface area contributed by atoms with Gasteiger partial charge in [0.15, 0.2) is 6.10 Å². The molecule has 4 heteroatoms. The number of epoxide rings is 1. The van der Waals surface area contributed by atoms with E-state index in [0.717, 1.165) is 38.8 Å². The number of rotatable bonds is 1. The number of aromatic nitrogens is 1. The topological polar surface area (TPSA) is 48.6 Å². The summed E-state index contributed by atoms with van der Waals surface area (Å²) < 4.78 is 5.80. The van der Waals surface area contributed by atoms with Gasteiger partial charge in [-0.3, -0.25) is 4.79 Å². The first-order chi connectivity index (χ1) is 11.2. The average Bonchev–Trinajstić information content (AvgIpc) is 3.30. The van der Waals surface area contributed by atoms with Crippen LogP contribution in [0.3, 0.4) is 0 Å².